The number of methoxy groups -OCH3 is 1. The molecule has 0 aliphatic rings. The molecule has 5 heteroatoms. The smallest absolute Gasteiger partial charge is 0.195 e. The molecule has 0 amide bonds. The Morgan fingerprint density at radius 3 is 2.75 bits per heavy atom. The lowest BCUT2D eigenvalue weighted by Crippen LogP contribution is -2.06. The number of hydrogen-bond donors (Lipinski definition) is 1. The molecule has 0 radical (unpaired) electrons. The van der Waals surface area contributed by atoms with Crippen molar-refractivity contribution in [3.63, 3.8) is 0 Å². The van der Waals surface area contributed by atoms with Crippen molar-refractivity contribution in [1.82, 2.24) is 14.8 Å². The molecule has 0 aliphatic carbocycles. The monoisotopic (exact) mass is 243 g/mol. The first kappa shape index (κ1) is 13.4. The average molecular weight is 243 g/mol. The van der Waals surface area contributed by atoms with Gasteiger partial charge in [0.15, 0.2) is 4.77 Å². The Labute approximate surface area is 102 Å². The normalized spacial score (nSPS) is 11.2. The summed E-state index contributed by atoms with van der Waals surface area (Å²) in [5.74, 6) is 1.46. The Kier molecular flexibility index (Phi) is 5.69. The van der Waals surface area contributed by atoms with E-state index in [4.69, 9.17) is 17.0 Å². The predicted octanol–water partition coefficient (Wildman–Crippen LogP) is 2.88. The summed E-state index contributed by atoms with van der Waals surface area (Å²) in [7, 11) is 1.74. The van der Waals surface area contributed by atoms with Crippen LogP contribution in [0.2, 0.25) is 0 Å². The summed E-state index contributed by atoms with van der Waals surface area (Å²) < 4.78 is 7.85. The van der Waals surface area contributed by atoms with Crippen molar-refractivity contribution >= 4 is 12.2 Å². The zero-order valence-corrected chi connectivity index (χ0v) is 11.1. The molecule has 1 aromatic heterocycles. The van der Waals surface area contributed by atoms with E-state index >= 15 is 0 Å². The van der Waals surface area contributed by atoms with Gasteiger partial charge in [-0.1, -0.05) is 13.8 Å². The first-order chi connectivity index (χ1) is 7.66. The molecular formula is C11H21N3OS. The van der Waals surface area contributed by atoms with E-state index in [2.05, 4.69) is 28.6 Å². The fourth-order valence-electron chi connectivity index (χ4n) is 1.68. The second kappa shape index (κ2) is 6.81. The first-order valence-electron chi connectivity index (χ1n) is 5.81. The SMILES string of the molecule is COCCCCCn1c(C(C)C)n[nH]c1=S. The van der Waals surface area contributed by atoms with Gasteiger partial charge in [-0.05, 0) is 31.5 Å². The van der Waals surface area contributed by atoms with Crippen molar-refractivity contribution in [1.29, 1.82) is 0 Å². The highest BCUT2D eigenvalue weighted by Crippen LogP contribution is 2.12. The van der Waals surface area contributed by atoms with Crippen molar-refractivity contribution in [2.24, 2.45) is 0 Å². The maximum atomic E-state index is 5.21. The van der Waals surface area contributed by atoms with Crippen LogP contribution in [0, 0.1) is 4.77 Å². The van der Waals surface area contributed by atoms with Gasteiger partial charge in [0.05, 0.1) is 0 Å². The molecule has 0 saturated carbocycles. The molecule has 0 atom stereocenters. The van der Waals surface area contributed by atoms with Crippen LogP contribution in [0.25, 0.3) is 0 Å². The van der Waals surface area contributed by atoms with E-state index in [-0.39, 0.29) is 0 Å². The third-order valence-electron chi connectivity index (χ3n) is 2.53. The van der Waals surface area contributed by atoms with Gasteiger partial charge in [-0.25, -0.2) is 0 Å². The van der Waals surface area contributed by atoms with Gasteiger partial charge in [-0.3, -0.25) is 5.10 Å². The van der Waals surface area contributed by atoms with Gasteiger partial charge in [0.25, 0.3) is 0 Å². The van der Waals surface area contributed by atoms with Crippen molar-refractivity contribution in [3.05, 3.63) is 10.6 Å². The highest BCUT2D eigenvalue weighted by molar-refractivity contribution is 7.71. The van der Waals surface area contributed by atoms with Gasteiger partial charge >= 0.3 is 0 Å². The molecule has 1 heterocycles. The summed E-state index contributed by atoms with van der Waals surface area (Å²) in [4.78, 5) is 0. The summed E-state index contributed by atoms with van der Waals surface area (Å²) in [5.41, 5.74) is 0. The van der Waals surface area contributed by atoms with Crippen molar-refractivity contribution in [2.75, 3.05) is 13.7 Å². The van der Waals surface area contributed by atoms with Crippen LogP contribution in [0.3, 0.4) is 0 Å². The molecule has 92 valence electrons. The van der Waals surface area contributed by atoms with E-state index in [1.54, 1.807) is 7.11 Å². The lowest BCUT2D eigenvalue weighted by atomic mass is 10.2. The van der Waals surface area contributed by atoms with Gasteiger partial charge in [-0.15, -0.1) is 0 Å². The van der Waals surface area contributed by atoms with Crippen LogP contribution in [-0.2, 0) is 11.3 Å². The quantitative estimate of drug-likeness (QED) is 0.591. The van der Waals surface area contributed by atoms with Crippen LogP contribution in [0.1, 0.15) is 44.9 Å². The van der Waals surface area contributed by atoms with Crippen LogP contribution < -0.4 is 0 Å². The number of rotatable bonds is 7. The van der Waals surface area contributed by atoms with E-state index in [0.29, 0.717) is 5.92 Å². The molecule has 1 N–H and O–H groups in total. The Bertz CT molecular complexity index is 356. The van der Waals surface area contributed by atoms with Gasteiger partial charge in [0, 0.05) is 26.2 Å². The number of unbranched alkanes of at least 4 members (excludes halogenated alkanes) is 2. The number of aromatic nitrogens is 3. The molecule has 0 bridgehead atoms. The number of nitrogens with zero attached hydrogens (tertiary/aromatic N) is 2. The summed E-state index contributed by atoms with van der Waals surface area (Å²) in [6, 6.07) is 0. The van der Waals surface area contributed by atoms with Crippen LogP contribution in [0.4, 0.5) is 0 Å². The molecule has 0 aliphatic heterocycles. The first-order valence-corrected chi connectivity index (χ1v) is 6.21. The van der Waals surface area contributed by atoms with Gasteiger partial charge in [0.1, 0.15) is 5.82 Å². The summed E-state index contributed by atoms with van der Waals surface area (Å²) in [6.45, 7) is 6.05. The third-order valence-corrected chi connectivity index (χ3v) is 2.85. The van der Waals surface area contributed by atoms with Gasteiger partial charge in [0.2, 0.25) is 0 Å². The highest BCUT2D eigenvalue weighted by atomic mass is 32.1. The molecule has 4 nitrogen and oxygen atoms in total. The van der Waals surface area contributed by atoms with Crippen molar-refractivity contribution in [2.45, 2.75) is 45.6 Å². The Morgan fingerprint density at radius 2 is 2.12 bits per heavy atom. The van der Waals surface area contributed by atoms with Crippen LogP contribution >= 0.6 is 12.2 Å². The average Bonchev–Trinajstić information content (AvgIpc) is 2.60. The topological polar surface area (TPSA) is 42.8 Å². The zero-order valence-electron chi connectivity index (χ0n) is 10.3. The van der Waals surface area contributed by atoms with E-state index in [1.807, 2.05) is 0 Å². The third kappa shape index (κ3) is 3.72. The minimum absolute atomic E-state index is 0.409. The van der Waals surface area contributed by atoms with Crippen molar-refractivity contribution in [3.8, 4) is 0 Å². The fourth-order valence-corrected chi connectivity index (χ4v) is 1.91. The second-order valence-corrected chi connectivity index (χ2v) is 4.63. The van der Waals surface area contributed by atoms with E-state index < -0.39 is 0 Å². The van der Waals surface area contributed by atoms with Crippen molar-refractivity contribution < 1.29 is 4.74 Å². The maximum Gasteiger partial charge on any atom is 0.195 e. The molecule has 0 saturated heterocycles. The predicted molar refractivity (Wildman–Crippen MR) is 67.2 cm³/mol. The van der Waals surface area contributed by atoms with Gasteiger partial charge in [-0.2, -0.15) is 5.10 Å². The Hall–Kier alpha value is -0.680. The highest BCUT2D eigenvalue weighted by Gasteiger charge is 2.08. The van der Waals surface area contributed by atoms with Crippen LogP contribution in [-0.4, -0.2) is 28.5 Å². The minimum atomic E-state index is 0.409. The zero-order chi connectivity index (χ0) is 12.0. The molecule has 0 fully saturated rings. The molecule has 0 unspecified atom stereocenters. The number of aromatic amines is 1. The molecule has 1 aromatic rings. The molecule has 0 aromatic carbocycles. The maximum absolute atomic E-state index is 5.21. The Balaban J connectivity index is 2.46. The Morgan fingerprint density at radius 1 is 1.38 bits per heavy atom. The molecular weight excluding hydrogens is 222 g/mol. The molecule has 1 rings (SSSR count). The molecule has 16 heavy (non-hydrogen) atoms. The van der Waals surface area contributed by atoms with E-state index in [0.717, 1.165) is 36.6 Å². The van der Waals surface area contributed by atoms with E-state index in [1.165, 1.54) is 6.42 Å². The largest absolute Gasteiger partial charge is 0.385 e. The number of hydrogen-bond acceptors (Lipinski definition) is 3. The van der Waals surface area contributed by atoms with Crippen LogP contribution in [0.15, 0.2) is 0 Å². The number of nitrogens with one attached hydrogen (secondary N) is 1. The summed E-state index contributed by atoms with van der Waals surface area (Å²) in [5, 5.41) is 7.11. The van der Waals surface area contributed by atoms with Gasteiger partial charge < -0.3 is 9.30 Å². The summed E-state index contributed by atoms with van der Waals surface area (Å²) >= 11 is 5.21. The number of ether oxygens (including phenoxy) is 1. The van der Waals surface area contributed by atoms with E-state index in [9.17, 15) is 0 Å². The van der Waals surface area contributed by atoms with Crippen LogP contribution in [0.5, 0.6) is 0 Å². The lowest BCUT2D eigenvalue weighted by Gasteiger charge is -2.08. The molecule has 0 spiro atoms. The second-order valence-electron chi connectivity index (χ2n) is 4.25. The standard InChI is InChI=1S/C11H21N3OS/c1-9(2)10-12-13-11(16)14(10)7-5-4-6-8-15-3/h9H,4-8H2,1-3H3,(H,13,16). The minimum Gasteiger partial charge on any atom is -0.385 e. The summed E-state index contributed by atoms with van der Waals surface area (Å²) in [6.07, 6.45) is 3.40. The lowest BCUT2D eigenvalue weighted by molar-refractivity contribution is 0.191. The fraction of sp³-hybridized carbons (Fsp3) is 0.818. The number of H-pyrrole nitrogens is 1.